The Morgan fingerprint density at radius 2 is 2.00 bits per heavy atom. The van der Waals surface area contributed by atoms with Gasteiger partial charge in [-0.3, -0.25) is 9.78 Å². The standard InChI is InChI=1S/C14H15N7O/c1-19(11-4-3-5-15-8-11)14(22)12-9-16-13(20(12)2)10-21-17-6-7-18-21/h3-9H,10H2,1-2H3. The molecule has 3 heterocycles. The minimum Gasteiger partial charge on any atom is -0.325 e. The van der Waals surface area contributed by atoms with Crippen molar-refractivity contribution in [2.45, 2.75) is 6.54 Å². The molecule has 0 unspecified atom stereocenters. The maximum atomic E-state index is 12.6. The molecule has 0 aliphatic carbocycles. The zero-order valence-corrected chi connectivity index (χ0v) is 12.3. The number of nitrogens with zero attached hydrogens (tertiary/aromatic N) is 7. The van der Waals surface area contributed by atoms with Crippen LogP contribution in [0.25, 0.3) is 0 Å². The Hall–Kier alpha value is -3.03. The molecule has 8 heteroatoms. The molecular weight excluding hydrogens is 282 g/mol. The van der Waals surface area contributed by atoms with Crippen LogP contribution in [0.4, 0.5) is 5.69 Å². The normalized spacial score (nSPS) is 10.6. The third kappa shape index (κ3) is 2.58. The molecule has 8 nitrogen and oxygen atoms in total. The fourth-order valence-corrected chi connectivity index (χ4v) is 2.09. The fraction of sp³-hybridized carbons (Fsp3) is 0.214. The number of carbonyl (C=O) groups excluding carboxylic acids is 1. The second-order valence-corrected chi connectivity index (χ2v) is 4.75. The van der Waals surface area contributed by atoms with E-state index in [9.17, 15) is 4.79 Å². The van der Waals surface area contributed by atoms with Crippen LogP contribution in [0.3, 0.4) is 0 Å². The zero-order chi connectivity index (χ0) is 15.5. The summed E-state index contributed by atoms with van der Waals surface area (Å²) in [7, 11) is 3.51. The summed E-state index contributed by atoms with van der Waals surface area (Å²) in [5, 5.41) is 8.08. The van der Waals surface area contributed by atoms with Crippen molar-refractivity contribution in [2.75, 3.05) is 11.9 Å². The summed E-state index contributed by atoms with van der Waals surface area (Å²) in [6, 6.07) is 3.62. The smallest absolute Gasteiger partial charge is 0.276 e. The van der Waals surface area contributed by atoms with Crippen molar-refractivity contribution in [2.24, 2.45) is 7.05 Å². The fourth-order valence-electron chi connectivity index (χ4n) is 2.09. The number of pyridine rings is 1. The molecule has 0 saturated heterocycles. The monoisotopic (exact) mass is 297 g/mol. The van der Waals surface area contributed by atoms with E-state index < -0.39 is 0 Å². The van der Waals surface area contributed by atoms with E-state index in [1.54, 1.807) is 60.6 Å². The third-order valence-corrected chi connectivity index (χ3v) is 3.39. The molecule has 1 amide bonds. The van der Waals surface area contributed by atoms with Crippen molar-refractivity contribution < 1.29 is 4.79 Å². The highest BCUT2D eigenvalue weighted by atomic mass is 16.2. The van der Waals surface area contributed by atoms with E-state index in [4.69, 9.17) is 0 Å². The highest BCUT2D eigenvalue weighted by Crippen LogP contribution is 2.14. The summed E-state index contributed by atoms with van der Waals surface area (Å²) >= 11 is 0. The van der Waals surface area contributed by atoms with Gasteiger partial charge in [0.15, 0.2) is 0 Å². The molecule has 0 bridgehead atoms. The number of hydrogen-bond acceptors (Lipinski definition) is 5. The van der Waals surface area contributed by atoms with Crippen molar-refractivity contribution in [1.82, 2.24) is 29.5 Å². The maximum Gasteiger partial charge on any atom is 0.276 e. The Labute approximate surface area is 127 Å². The topological polar surface area (TPSA) is 81.7 Å². The molecule has 3 aromatic rings. The maximum absolute atomic E-state index is 12.6. The average molecular weight is 297 g/mol. The number of hydrogen-bond donors (Lipinski definition) is 0. The van der Waals surface area contributed by atoms with Gasteiger partial charge in [-0.25, -0.2) is 4.98 Å². The molecule has 0 saturated carbocycles. The molecule has 0 fully saturated rings. The van der Waals surface area contributed by atoms with Crippen molar-refractivity contribution >= 4 is 11.6 Å². The summed E-state index contributed by atoms with van der Waals surface area (Å²) in [6.45, 7) is 0.410. The number of imidazole rings is 1. The lowest BCUT2D eigenvalue weighted by Gasteiger charge is -2.17. The molecular formula is C14H15N7O. The van der Waals surface area contributed by atoms with Crippen LogP contribution in [0, 0.1) is 0 Å². The number of aromatic nitrogens is 6. The summed E-state index contributed by atoms with van der Waals surface area (Å²) in [4.78, 5) is 23.9. The van der Waals surface area contributed by atoms with E-state index in [-0.39, 0.29) is 5.91 Å². The Morgan fingerprint density at radius 1 is 1.23 bits per heavy atom. The average Bonchev–Trinajstić information content (AvgIpc) is 3.18. The molecule has 112 valence electrons. The van der Waals surface area contributed by atoms with Crippen LogP contribution in [0.5, 0.6) is 0 Å². The second-order valence-electron chi connectivity index (χ2n) is 4.75. The van der Waals surface area contributed by atoms with Gasteiger partial charge in [0, 0.05) is 20.3 Å². The lowest BCUT2D eigenvalue weighted by Crippen LogP contribution is -2.28. The van der Waals surface area contributed by atoms with E-state index >= 15 is 0 Å². The Morgan fingerprint density at radius 3 is 2.68 bits per heavy atom. The minimum absolute atomic E-state index is 0.150. The predicted octanol–water partition coefficient (Wildman–Crippen LogP) is 0.731. The Balaban J connectivity index is 1.83. The van der Waals surface area contributed by atoms with Crippen LogP contribution >= 0.6 is 0 Å². The van der Waals surface area contributed by atoms with Gasteiger partial charge in [0.2, 0.25) is 0 Å². The van der Waals surface area contributed by atoms with Gasteiger partial charge in [-0.2, -0.15) is 15.0 Å². The summed E-state index contributed by atoms with van der Waals surface area (Å²) in [6.07, 6.45) is 8.08. The van der Waals surface area contributed by atoms with Crippen LogP contribution in [0.2, 0.25) is 0 Å². The largest absolute Gasteiger partial charge is 0.325 e. The van der Waals surface area contributed by atoms with E-state index in [0.717, 1.165) is 5.69 Å². The lowest BCUT2D eigenvalue weighted by atomic mass is 10.3. The second kappa shape index (κ2) is 5.76. The Kier molecular flexibility index (Phi) is 3.65. The SMILES string of the molecule is CN(C(=O)c1cnc(Cn2nccn2)n1C)c1cccnc1. The number of rotatable bonds is 4. The molecule has 0 atom stereocenters. The van der Waals surface area contributed by atoms with Crippen LogP contribution < -0.4 is 4.90 Å². The molecule has 0 spiro atoms. The molecule has 3 aromatic heterocycles. The molecule has 0 N–H and O–H groups in total. The highest BCUT2D eigenvalue weighted by molar-refractivity contribution is 6.04. The predicted molar refractivity (Wildman–Crippen MR) is 79.3 cm³/mol. The van der Waals surface area contributed by atoms with Gasteiger partial charge in [0.25, 0.3) is 5.91 Å². The van der Waals surface area contributed by atoms with E-state index in [1.807, 2.05) is 6.07 Å². The van der Waals surface area contributed by atoms with Crippen LogP contribution in [0.1, 0.15) is 16.3 Å². The summed E-state index contributed by atoms with van der Waals surface area (Å²) in [5.74, 6) is 0.557. The first-order chi connectivity index (χ1) is 10.7. The van der Waals surface area contributed by atoms with Gasteiger partial charge < -0.3 is 9.47 Å². The van der Waals surface area contributed by atoms with Crippen molar-refractivity contribution in [3.8, 4) is 0 Å². The van der Waals surface area contributed by atoms with Gasteiger partial charge >= 0.3 is 0 Å². The van der Waals surface area contributed by atoms with Gasteiger partial charge in [-0.15, -0.1) is 0 Å². The lowest BCUT2D eigenvalue weighted by molar-refractivity contribution is 0.0985. The van der Waals surface area contributed by atoms with E-state index in [0.29, 0.717) is 18.1 Å². The summed E-state index contributed by atoms with van der Waals surface area (Å²) in [5.41, 5.74) is 1.22. The third-order valence-electron chi connectivity index (χ3n) is 3.39. The van der Waals surface area contributed by atoms with Crippen LogP contribution in [-0.4, -0.2) is 42.5 Å². The first-order valence-electron chi connectivity index (χ1n) is 6.69. The summed E-state index contributed by atoms with van der Waals surface area (Å²) < 4.78 is 1.75. The number of carbonyl (C=O) groups is 1. The Bertz CT molecular complexity index is 764. The van der Waals surface area contributed by atoms with Crippen molar-refractivity contribution in [3.63, 3.8) is 0 Å². The highest BCUT2D eigenvalue weighted by Gasteiger charge is 2.19. The number of anilines is 1. The molecule has 0 radical (unpaired) electrons. The first-order valence-corrected chi connectivity index (χ1v) is 6.69. The molecule has 0 aliphatic rings. The molecule has 0 aromatic carbocycles. The first kappa shape index (κ1) is 13.9. The van der Waals surface area contributed by atoms with Crippen LogP contribution in [0.15, 0.2) is 43.1 Å². The van der Waals surface area contributed by atoms with E-state index in [2.05, 4.69) is 20.2 Å². The quantitative estimate of drug-likeness (QED) is 0.709. The zero-order valence-electron chi connectivity index (χ0n) is 12.3. The van der Waals surface area contributed by atoms with Gasteiger partial charge in [-0.05, 0) is 12.1 Å². The molecule has 0 aliphatic heterocycles. The molecule has 22 heavy (non-hydrogen) atoms. The van der Waals surface area contributed by atoms with Crippen molar-refractivity contribution in [1.29, 1.82) is 0 Å². The van der Waals surface area contributed by atoms with E-state index in [1.165, 1.54) is 4.80 Å². The number of amides is 1. The van der Waals surface area contributed by atoms with Crippen molar-refractivity contribution in [3.05, 3.63) is 54.6 Å². The van der Waals surface area contributed by atoms with Gasteiger partial charge in [0.1, 0.15) is 18.1 Å². The molecule has 3 rings (SSSR count). The van der Waals surface area contributed by atoms with Crippen LogP contribution in [-0.2, 0) is 13.6 Å². The van der Waals surface area contributed by atoms with Gasteiger partial charge in [0.05, 0.1) is 30.5 Å². The minimum atomic E-state index is -0.150. The van der Waals surface area contributed by atoms with Gasteiger partial charge in [-0.1, -0.05) is 0 Å².